The second-order valence-electron chi connectivity index (χ2n) is 8.11. The van der Waals surface area contributed by atoms with Crippen LogP contribution in [-0.2, 0) is 13.0 Å². The molecule has 0 spiro atoms. The minimum Gasteiger partial charge on any atom is -0.493 e. The maximum absolute atomic E-state index is 6.23. The second-order valence-corrected chi connectivity index (χ2v) is 8.52. The Morgan fingerprint density at radius 3 is 2.68 bits per heavy atom. The Kier molecular flexibility index (Phi) is 7.43. The average molecular weight is 477 g/mol. The molecular formula is C28H29ClN2O3. The van der Waals surface area contributed by atoms with Crippen molar-refractivity contribution in [2.45, 2.75) is 32.9 Å². The first-order chi connectivity index (χ1) is 16.5. The lowest BCUT2D eigenvalue weighted by Crippen LogP contribution is -2.16. The molecule has 3 aromatic carbocycles. The molecule has 0 amide bonds. The SMILES string of the molecule is C=CCc1ccc(OCCn2c(C(C)Oc3ccc(Cl)c(C)c3)nc3ccccc32)c(OC)c1. The first-order valence-corrected chi connectivity index (χ1v) is 11.7. The number of para-hydroxylation sites is 2. The predicted molar refractivity (Wildman–Crippen MR) is 137 cm³/mol. The zero-order chi connectivity index (χ0) is 24.1. The lowest BCUT2D eigenvalue weighted by atomic mass is 10.1. The van der Waals surface area contributed by atoms with Crippen LogP contribution in [0.15, 0.2) is 73.3 Å². The minimum atomic E-state index is -0.263. The van der Waals surface area contributed by atoms with E-state index in [0.29, 0.717) is 24.7 Å². The van der Waals surface area contributed by atoms with Crippen LogP contribution in [0.1, 0.15) is 30.0 Å². The van der Waals surface area contributed by atoms with Gasteiger partial charge >= 0.3 is 0 Å². The van der Waals surface area contributed by atoms with Gasteiger partial charge in [0, 0.05) is 5.02 Å². The second kappa shape index (κ2) is 10.7. The molecule has 176 valence electrons. The molecule has 0 radical (unpaired) electrons. The number of rotatable bonds is 10. The fourth-order valence-electron chi connectivity index (χ4n) is 3.96. The van der Waals surface area contributed by atoms with Gasteiger partial charge in [-0.3, -0.25) is 0 Å². The summed E-state index contributed by atoms with van der Waals surface area (Å²) >= 11 is 6.17. The number of hydrogen-bond acceptors (Lipinski definition) is 4. The summed E-state index contributed by atoms with van der Waals surface area (Å²) in [5.74, 6) is 3.02. The standard InChI is InChI=1S/C28H29ClN2O3/c1-5-8-21-11-14-26(27(18-21)32-4)33-16-15-31-25-10-7-6-9-24(25)30-28(31)20(3)34-22-12-13-23(29)19(2)17-22/h5-7,9-14,17-18,20H,1,8,15-16H2,2-4H3. The largest absolute Gasteiger partial charge is 0.493 e. The highest BCUT2D eigenvalue weighted by atomic mass is 35.5. The third-order valence-electron chi connectivity index (χ3n) is 5.67. The third-order valence-corrected chi connectivity index (χ3v) is 6.09. The molecule has 0 saturated heterocycles. The lowest BCUT2D eigenvalue weighted by molar-refractivity contribution is 0.207. The maximum Gasteiger partial charge on any atom is 0.161 e. The Morgan fingerprint density at radius 2 is 1.91 bits per heavy atom. The van der Waals surface area contributed by atoms with E-state index in [1.807, 2.05) is 74.5 Å². The summed E-state index contributed by atoms with van der Waals surface area (Å²) in [4.78, 5) is 4.86. The first kappa shape index (κ1) is 23.7. The molecule has 6 heteroatoms. The molecular weight excluding hydrogens is 448 g/mol. The molecule has 0 bridgehead atoms. The topological polar surface area (TPSA) is 45.5 Å². The Balaban J connectivity index is 1.54. The number of ether oxygens (including phenoxy) is 3. The van der Waals surface area contributed by atoms with Crippen molar-refractivity contribution in [3.8, 4) is 17.2 Å². The number of hydrogen-bond donors (Lipinski definition) is 0. The van der Waals surface area contributed by atoms with Crippen LogP contribution in [0.25, 0.3) is 11.0 Å². The molecule has 0 aliphatic rings. The van der Waals surface area contributed by atoms with Crippen LogP contribution >= 0.6 is 11.6 Å². The van der Waals surface area contributed by atoms with Crippen molar-refractivity contribution in [1.29, 1.82) is 0 Å². The monoisotopic (exact) mass is 476 g/mol. The predicted octanol–water partition coefficient (Wildman–Crippen LogP) is 6.95. The highest BCUT2D eigenvalue weighted by molar-refractivity contribution is 6.31. The van der Waals surface area contributed by atoms with Crippen molar-refractivity contribution in [3.63, 3.8) is 0 Å². The van der Waals surface area contributed by atoms with Gasteiger partial charge in [0.05, 0.1) is 24.7 Å². The highest BCUT2D eigenvalue weighted by Crippen LogP contribution is 2.30. The van der Waals surface area contributed by atoms with Gasteiger partial charge in [0.15, 0.2) is 23.4 Å². The average Bonchev–Trinajstić information content (AvgIpc) is 3.21. The quantitative estimate of drug-likeness (QED) is 0.232. The highest BCUT2D eigenvalue weighted by Gasteiger charge is 2.19. The third kappa shape index (κ3) is 5.20. The number of imidazole rings is 1. The van der Waals surface area contributed by atoms with Crippen molar-refractivity contribution >= 4 is 22.6 Å². The molecule has 34 heavy (non-hydrogen) atoms. The number of aromatic nitrogens is 2. The van der Waals surface area contributed by atoms with Gasteiger partial charge in [-0.2, -0.15) is 0 Å². The fraction of sp³-hybridized carbons (Fsp3) is 0.250. The number of fused-ring (bicyclic) bond motifs is 1. The van der Waals surface area contributed by atoms with E-state index in [-0.39, 0.29) is 6.10 Å². The van der Waals surface area contributed by atoms with Gasteiger partial charge in [0.1, 0.15) is 12.4 Å². The van der Waals surface area contributed by atoms with Gasteiger partial charge in [0.2, 0.25) is 0 Å². The first-order valence-electron chi connectivity index (χ1n) is 11.3. The molecule has 0 aliphatic carbocycles. The van der Waals surface area contributed by atoms with Crippen molar-refractivity contribution in [2.75, 3.05) is 13.7 Å². The van der Waals surface area contributed by atoms with Crippen molar-refractivity contribution in [2.24, 2.45) is 0 Å². The van der Waals surface area contributed by atoms with E-state index in [4.69, 9.17) is 30.8 Å². The van der Waals surface area contributed by atoms with Crippen LogP contribution in [-0.4, -0.2) is 23.3 Å². The molecule has 4 aromatic rings. The van der Waals surface area contributed by atoms with E-state index in [2.05, 4.69) is 17.2 Å². The lowest BCUT2D eigenvalue weighted by Gasteiger charge is -2.18. The van der Waals surface area contributed by atoms with Gasteiger partial charge in [-0.15, -0.1) is 6.58 Å². The number of nitrogens with zero attached hydrogens (tertiary/aromatic N) is 2. The molecule has 0 N–H and O–H groups in total. The van der Waals surface area contributed by atoms with Gasteiger partial charge in [-0.25, -0.2) is 4.98 Å². The molecule has 0 fully saturated rings. The summed E-state index contributed by atoms with van der Waals surface area (Å²) < 4.78 is 20.0. The van der Waals surface area contributed by atoms with Crippen LogP contribution in [0.2, 0.25) is 5.02 Å². The summed E-state index contributed by atoms with van der Waals surface area (Å²) in [6.45, 7) is 8.83. The van der Waals surface area contributed by atoms with Gasteiger partial charge < -0.3 is 18.8 Å². The van der Waals surface area contributed by atoms with Crippen LogP contribution < -0.4 is 14.2 Å². The summed E-state index contributed by atoms with van der Waals surface area (Å²) in [5.41, 5.74) is 4.07. The number of benzene rings is 3. The van der Waals surface area contributed by atoms with E-state index in [1.54, 1.807) is 7.11 Å². The summed E-state index contributed by atoms with van der Waals surface area (Å²) in [6, 6.07) is 19.7. The normalized spacial score (nSPS) is 11.9. The fourth-order valence-corrected chi connectivity index (χ4v) is 4.08. The molecule has 1 unspecified atom stereocenters. The van der Waals surface area contributed by atoms with Gasteiger partial charge in [-0.05, 0) is 73.9 Å². The molecule has 1 heterocycles. The van der Waals surface area contributed by atoms with Crippen molar-refractivity contribution < 1.29 is 14.2 Å². The molecule has 0 saturated carbocycles. The number of aryl methyl sites for hydroxylation is 1. The Morgan fingerprint density at radius 1 is 1.09 bits per heavy atom. The van der Waals surface area contributed by atoms with Gasteiger partial charge in [0.25, 0.3) is 0 Å². The van der Waals surface area contributed by atoms with Crippen LogP contribution in [0, 0.1) is 6.92 Å². The number of allylic oxidation sites excluding steroid dienone is 1. The molecule has 5 nitrogen and oxygen atoms in total. The zero-order valence-electron chi connectivity index (χ0n) is 19.8. The summed E-state index contributed by atoms with van der Waals surface area (Å²) in [7, 11) is 1.65. The van der Waals surface area contributed by atoms with E-state index in [1.165, 1.54) is 0 Å². The zero-order valence-corrected chi connectivity index (χ0v) is 20.5. The van der Waals surface area contributed by atoms with Crippen molar-refractivity contribution in [1.82, 2.24) is 9.55 Å². The maximum atomic E-state index is 6.23. The number of halogens is 1. The van der Waals surface area contributed by atoms with E-state index in [0.717, 1.165) is 45.2 Å². The summed E-state index contributed by atoms with van der Waals surface area (Å²) in [5, 5.41) is 0.720. The van der Waals surface area contributed by atoms with Crippen molar-refractivity contribution in [3.05, 3.63) is 95.3 Å². The molecule has 4 rings (SSSR count). The van der Waals surface area contributed by atoms with E-state index < -0.39 is 0 Å². The minimum absolute atomic E-state index is 0.263. The number of methoxy groups -OCH3 is 1. The molecule has 1 aromatic heterocycles. The Labute approximate surface area is 205 Å². The van der Waals surface area contributed by atoms with E-state index in [9.17, 15) is 0 Å². The smallest absolute Gasteiger partial charge is 0.161 e. The van der Waals surface area contributed by atoms with Crippen LogP contribution in [0.3, 0.4) is 0 Å². The van der Waals surface area contributed by atoms with Crippen LogP contribution in [0.5, 0.6) is 17.2 Å². The summed E-state index contributed by atoms with van der Waals surface area (Å²) in [6.07, 6.45) is 2.39. The Bertz CT molecular complexity index is 1300. The Hall–Kier alpha value is -3.44. The van der Waals surface area contributed by atoms with E-state index >= 15 is 0 Å². The van der Waals surface area contributed by atoms with Gasteiger partial charge in [-0.1, -0.05) is 35.9 Å². The molecule has 1 atom stereocenters. The molecule has 0 aliphatic heterocycles. The van der Waals surface area contributed by atoms with Crippen LogP contribution in [0.4, 0.5) is 0 Å².